The summed E-state index contributed by atoms with van der Waals surface area (Å²) in [6.07, 6.45) is 1.56. The number of anilines is 1. The molecule has 0 spiro atoms. The van der Waals surface area contributed by atoms with E-state index >= 15 is 0 Å². The highest BCUT2D eigenvalue weighted by Gasteiger charge is 2.03. The molecule has 0 radical (unpaired) electrons. The van der Waals surface area contributed by atoms with Gasteiger partial charge in [0, 0.05) is 25.1 Å². The minimum Gasteiger partial charge on any atom is -0.465 e. The number of para-hydroxylation sites is 1. The average Bonchev–Trinajstić information content (AvgIpc) is 2.40. The van der Waals surface area contributed by atoms with Crippen LogP contribution in [0.4, 0.5) is 5.69 Å². The Morgan fingerprint density at radius 2 is 2.22 bits per heavy atom. The second-order valence-corrected chi connectivity index (χ2v) is 3.82. The lowest BCUT2D eigenvalue weighted by Gasteiger charge is -2.11. The Kier molecular flexibility index (Phi) is 6.34. The van der Waals surface area contributed by atoms with Gasteiger partial charge in [0.15, 0.2) is 0 Å². The normalized spacial score (nSPS) is 9.56. The van der Waals surface area contributed by atoms with Crippen LogP contribution in [0, 0.1) is 11.3 Å². The van der Waals surface area contributed by atoms with E-state index in [0.717, 1.165) is 11.3 Å². The Balaban J connectivity index is 2.48. The third kappa shape index (κ3) is 4.88. The number of ether oxygens (including phenoxy) is 1. The van der Waals surface area contributed by atoms with Crippen molar-refractivity contribution in [3.8, 4) is 6.07 Å². The van der Waals surface area contributed by atoms with Gasteiger partial charge in [0.2, 0.25) is 0 Å². The molecule has 18 heavy (non-hydrogen) atoms. The van der Waals surface area contributed by atoms with Gasteiger partial charge in [0.1, 0.15) is 0 Å². The largest absolute Gasteiger partial charge is 0.465 e. The molecule has 4 heteroatoms. The van der Waals surface area contributed by atoms with Gasteiger partial charge in [0.25, 0.3) is 0 Å². The molecule has 0 amide bonds. The van der Waals surface area contributed by atoms with Crippen LogP contribution in [-0.4, -0.2) is 19.1 Å². The number of hydrogen-bond donors (Lipinski definition) is 1. The van der Waals surface area contributed by atoms with Gasteiger partial charge >= 0.3 is 5.97 Å². The zero-order valence-corrected chi connectivity index (χ0v) is 10.6. The number of benzene rings is 1. The van der Waals surface area contributed by atoms with E-state index in [1.807, 2.05) is 24.3 Å². The fourth-order valence-electron chi connectivity index (χ4n) is 1.54. The standard InChI is InChI=1S/C14H18N2O2/c1-2-14(17)18-11-8-12-6-3-4-7-13(12)16-10-5-9-15/h3-4,6-7,16H,2,5,8,10-11H2,1H3. The molecule has 0 aliphatic rings. The molecule has 96 valence electrons. The maximum absolute atomic E-state index is 11.0. The Morgan fingerprint density at radius 1 is 1.44 bits per heavy atom. The van der Waals surface area contributed by atoms with Crippen LogP contribution in [0.5, 0.6) is 0 Å². The molecule has 0 bridgehead atoms. The van der Waals surface area contributed by atoms with Crippen LogP contribution in [-0.2, 0) is 16.0 Å². The number of rotatable bonds is 7. The summed E-state index contributed by atoms with van der Waals surface area (Å²) in [5.74, 6) is -0.176. The SMILES string of the molecule is CCC(=O)OCCc1ccccc1NCCC#N. The highest BCUT2D eigenvalue weighted by molar-refractivity contribution is 5.68. The minimum absolute atomic E-state index is 0.176. The number of carbonyl (C=O) groups is 1. The molecule has 1 aromatic carbocycles. The van der Waals surface area contributed by atoms with Crippen LogP contribution in [0.15, 0.2) is 24.3 Å². The molecule has 0 fully saturated rings. The van der Waals surface area contributed by atoms with E-state index in [4.69, 9.17) is 10.00 Å². The third-order valence-corrected chi connectivity index (χ3v) is 2.49. The van der Waals surface area contributed by atoms with Crippen LogP contribution in [0.3, 0.4) is 0 Å². The second kappa shape index (κ2) is 8.13. The summed E-state index contributed by atoms with van der Waals surface area (Å²) in [7, 11) is 0. The van der Waals surface area contributed by atoms with Gasteiger partial charge in [-0.2, -0.15) is 5.26 Å². The van der Waals surface area contributed by atoms with Gasteiger partial charge < -0.3 is 10.1 Å². The van der Waals surface area contributed by atoms with Crippen molar-refractivity contribution in [2.24, 2.45) is 0 Å². The number of hydrogen-bond acceptors (Lipinski definition) is 4. The molecule has 1 N–H and O–H groups in total. The first-order valence-electron chi connectivity index (χ1n) is 6.12. The Labute approximate surface area is 108 Å². The Bertz CT molecular complexity index is 424. The summed E-state index contributed by atoms with van der Waals surface area (Å²) in [6.45, 7) is 2.80. The average molecular weight is 246 g/mol. The first-order valence-corrected chi connectivity index (χ1v) is 6.12. The van der Waals surface area contributed by atoms with Crippen LogP contribution >= 0.6 is 0 Å². The first-order chi connectivity index (χ1) is 8.77. The summed E-state index contributed by atoms with van der Waals surface area (Å²) in [5.41, 5.74) is 2.10. The Hall–Kier alpha value is -2.02. The zero-order chi connectivity index (χ0) is 13.2. The third-order valence-electron chi connectivity index (χ3n) is 2.49. The van der Waals surface area contributed by atoms with Crippen molar-refractivity contribution in [1.82, 2.24) is 0 Å². The lowest BCUT2D eigenvalue weighted by Crippen LogP contribution is -2.08. The molecule has 0 aliphatic carbocycles. The zero-order valence-electron chi connectivity index (χ0n) is 10.6. The monoisotopic (exact) mass is 246 g/mol. The van der Waals surface area contributed by atoms with Gasteiger partial charge in [-0.05, 0) is 11.6 Å². The van der Waals surface area contributed by atoms with E-state index in [-0.39, 0.29) is 5.97 Å². The van der Waals surface area contributed by atoms with Crippen LogP contribution < -0.4 is 5.32 Å². The summed E-state index contributed by atoms with van der Waals surface area (Å²) in [5, 5.41) is 11.7. The lowest BCUT2D eigenvalue weighted by molar-refractivity contribution is -0.143. The summed E-state index contributed by atoms with van der Waals surface area (Å²) >= 11 is 0. The highest BCUT2D eigenvalue weighted by atomic mass is 16.5. The molecule has 0 aromatic heterocycles. The number of nitriles is 1. The molecule has 0 unspecified atom stereocenters. The molecule has 0 atom stereocenters. The van der Waals surface area contributed by atoms with Crippen molar-refractivity contribution in [3.63, 3.8) is 0 Å². The smallest absolute Gasteiger partial charge is 0.305 e. The molecular formula is C14H18N2O2. The van der Waals surface area contributed by atoms with Gasteiger partial charge in [-0.3, -0.25) is 4.79 Å². The fourth-order valence-corrected chi connectivity index (χ4v) is 1.54. The van der Waals surface area contributed by atoms with Crippen LogP contribution in [0.1, 0.15) is 25.3 Å². The first kappa shape index (κ1) is 14.0. The summed E-state index contributed by atoms with van der Waals surface area (Å²) in [6, 6.07) is 9.94. The molecule has 4 nitrogen and oxygen atoms in total. The van der Waals surface area contributed by atoms with Gasteiger partial charge in [-0.25, -0.2) is 0 Å². The Morgan fingerprint density at radius 3 is 2.94 bits per heavy atom. The molecular weight excluding hydrogens is 228 g/mol. The maximum atomic E-state index is 11.0. The van der Waals surface area contributed by atoms with Crippen molar-refractivity contribution in [1.29, 1.82) is 5.26 Å². The fraction of sp³-hybridized carbons (Fsp3) is 0.429. The molecule has 1 aromatic rings. The van der Waals surface area contributed by atoms with Gasteiger partial charge in [0.05, 0.1) is 19.1 Å². The number of carbonyl (C=O) groups excluding carboxylic acids is 1. The van der Waals surface area contributed by atoms with E-state index < -0.39 is 0 Å². The predicted octanol–water partition coefficient (Wildman–Crippen LogP) is 2.51. The lowest BCUT2D eigenvalue weighted by atomic mass is 10.1. The predicted molar refractivity (Wildman–Crippen MR) is 70.1 cm³/mol. The molecule has 0 heterocycles. The van der Waals surface area contributed by atoms with Crippen molar-refractivity contribution in [3.05, 3.63) is 29.8 Å². The number of esters is 1. The van der Waals surface area contributed by atoms with Gasteiger partial charge in [-0.15, -0.1) is 0 Å². The summed E-state index contributed by atoms with van der Waals surface area (Å²) < 4.78 is 5.06. The molecule has 0 aliphatic heterocycles. The maximum Gasteiger partial charge on any atom is 0.305 e. The van der Waals surface area contributed by atoms with Crippen molar-refractivity contribution in [2.45, 2.75) is 26.2 Å². The molecule has 1 rings (SSSR count). The van der Waals surface area contributed by atoms with Crippen LogP contribution in [0.2, 0.25) is 0 Å². The van der Waals surface area contributed by atoms with Crippen molar-refractivity contribution < 1.29 is 9.53 Å². The quantitative estimate of drug-likeness (QED) is 0.593. The van der Waals surface area contributed by atoms with E-state index in [2.05, 4.69) is 11.4 Å². The van der Waals surface area contributed by atoms with Crippen molar-refractivity contribution in [2.75, 3.05) is 18.5 Å². The highest BCUT2D eigenvalue weighted by Crippen LogP contribution is 2.15. The van der Waals surface area contributed by atoms with E-state index in [1.54, 1.807) is 6.92 Å². The van der Waals surface area contributed by atoms with E-state index in [0.29, 0.717) is 32.4 Å². The van der Waals surface area contributed by atoms with E-state index in [1.165, 1.54) is 0 Å². The molecule has 0 saturated carbocycles. The van der Waals surface area contributed by atoms with Crippen molar-refractivity contribution >= 4 is 11.7 Å². The second-order valence-electron chi connectivity index (χ2n) is 3.82. The molecule has 0 saturated heterocycles. The number of nitrogens with zero attached hydrogens (tertiary/aromatic N) is 1. The summed E-state index contributed by atoms with van der Waals surface area (Å²) in [4.78, 5) is 11.0. The van der Waals surface area contributed by atoms with E-state index in [9.17, 15) is 4.79 Å². The number of nitrogens with one attached hydrogen (secondary N) is 1. The van der Waals surface area contributed by atoms with Crippen LogP contribution in [0.25, 0.3) is 0 Å². The minimum atomic E-state index is -0.176. The topological polar surface area (TPSA) is 62.1 Å². The van der Waals surface area contributed by atoms with Gasteiger partial charge in [-0.1, -0.05) is 25.1 Å².